The number of ketones is 1. The van der Waals surface area contributed by atoms with Gasteiger partial charge >= 0.3 is 5.97 Å². The zero-order chi connectivity index (χ0) is 22.7. The van der Waals surface area contributed by atoms with Gasteiger partial charge in [0.2, 0.25) is 5.78 Å². The normalized spacial score (nSPS) is 24.0. The number of nitrogens with one attached hydrogen (secondary N) is 1. The van der Waals surface area contributed by atoms with Gasteiger partial charge in [0.05, 0.1) is 13.1 Å². The second-order valence-corrected chi connectivity index (χ2v) is 10.2. The van der Waals surface area contributed by atoms with Crippen molar-refractivity contribution in [3.8, 4) is 0 Å². The molecule has 6 rings (SSSR count). The lowest BCUT2D eigenvalue weighted by Crippen LogP contribution is -3.00. The Kier molecular flexibility index (Phi) is 7.86. The molecule has 7 heteroatoms. The first-order valence-corrected chi connectivity index (χ1v) is 12.5. The number of para-hydroxylation sites is 1. The minimum Gasteiger partial charge on any atom is -1.00 e. The van der Waals surface area contributed by atoms with Gasteiger partial charge in [-0.25, -0.2) is 4.79 Å². The maximum absolute atomic E-state index is 13.4. The lowest BCUT2D eigenvalue weighted by atomic mass is 9.82. The Balaban J connectivity index is 0.00000274. The molecular formula is C27H29BrN2O3S. The van der Waals surface area contributed by atoms with E-state index in [0.29, 0.717) is 12.5 Å². The Morgan fingerprint density at radius 1 is 0.971 bits per heavy atom. The molecule has 2 aromatic carbocycles. The van der Waals surface area contributed by atoms with Gasteiger partial charge < -0.3 is 31.5 Å². The van der Waals surface area contributed by atoms with Crippen LogP contribution in [0, 0.1) is 5.92 Å². The highest BCUT2D eigenvalue weighted by Gasteiger charge is 2.49. The molecular weight excluding hydrogens is 512 g/mol. The summed E-state index contributed by atoms with van der Waals surface area (Å²) in [6.07, 6.45) is 1.84. The number of Topliss-reactive ketones (excluding diaryl/α,β-unsaturated/α-hetero) is 1. The van der Waals surface area contributed by atoms with Crippen molar-refractivity contribution < 1.29 is 35.8 Å². The average Bonchev–Trinajstić information content (AvgIpc) is 3.39. The number of halogens is 1. The van der Waals surface area contributed by atoms with Crippen LogP contribution in [0.15, 0.2) is 78.2 Å². The van der Waals surface area contributed by atoms with Crippen molar-refractivity contribution in [1.29, 1.82) is 0 Å². The molecule has 1 unspecified atom stereocenters. The van der Waals surface area contributed by atoms with Gasteiger partial charge in [0, 0.05) is 34.9 Å². The van der Waals surface area contributed by atoms with Gasteiger partial charge in [-0.3, -0.25) is 4.79 Å². The van der Waals surface area contributed by atoms with Crippen LogP contribution in [0.25, 0.3) is 0 Å². The summed E-state index contributed by atoms with van der Waals surface area (Å²) in [7, 11) is 0. The van der Waals surface area contributed by atoms with Gasteiger partial charge in [-0.15, -0.1) is 11.3 Å². The van der Waals surface area contributed by atoms with Crippen LogP contribution in [-0.2, 0) is 9.53 Å². The summed E-state index contributed by atoms with van der Waals surface area (Å²) >= 11 is 1.55. The number of carbonyl (C=O) groups is 2. The van der Waals surface area contributed by atoms with E-state index in [-0.39, 0.29) is 34.8 Å². The van der Waals surface area contributed by atoms with Crippen molar-refractivity contribution in [2.75, 3.05) is 31.5 Å². The molecule has 178 valence electrons. The third-order valence-electron chi connectivity index (χ3n) is 7.03. The number of esters is 1. The molecule has 3 saturated heterocycles. The largest absolute Gasteiger partial charge is 1.00 e. The van der Waals surface area contributed by atoms with Crippen molar-refractivity contribution in [2.45, 2.75) is 25.0 Å². The number of rotatable bonds is 8. The summed E-state index contributed by atoms with van der Waals surface area (Å²) in [6, 6.07) is 22.7. The van der Waals surface area contributed by atoms with Crippen LogP contribution in [0.2, 0.25) is 0 Å². The van der Waals surface area contributed by atoms with Crippen LogP contribution in [-0.4, -0.2) is 48.5 Å². The summed E-state index contributed by atoms with van der Waals surface area (Å²) in [5, 5.41) is 5.33. The van der Waals surface area contributed by atoms with E-state index in [0.717, 1.165) is 53.1 Å². The van der Waals surface area contributed by atoms with E-state index in [1.165, 1.54) is 0 Å². The highest BCUT2D eigenvalue weighted by Crippen LogP contribution is 2.37. The van der Waals surface area contributed by atoms with Gasteiger partial charge in [-0.05, 0) is 23.6 Å². The number of benzene rings is 2. The number of nitrogens with zero attached hydrogens (tertiary/aromatic N) is 1. The van der Waals surface area contributed by atoms with Crippen LogP contribution in [0.4, 0.5) is 5.69 Å². The molecule has 1 aromatic heterocycles. The van der Waals surface area contributed by atoms with Crippen molar-refractivity contribution in [2.24, 2.45) is 5.92 Å². The van der Waals surface area contributed by atoms with Gasteiger partial charge in [-0.1, -0.05) is 54.6 Å². The topological polar surface area (TPSA) is 55.4 Å². The Morgan fingerprint density at radius 2 is 1.65 bits per heavy atom. The molecule has 34 heavy (non-hydrogen) atoms. The zero-order valence-corrected chi connectivity index (χ0v) is 21.3. The molecule has 5 nitrogen and oxygen atoms in total. The zero-order valence-electron chi connectivity index (χ0n) is 18.9. The van der Waals surface area contributed by atoms with Gasteiger partial charge in [0.15, 0.2) is 12.1 Å². The fourth-order valence-electron chi connectivity index (χ4n) is 5.22. The average molecular weight is 542 g/mol. The maximum Gasteiger partial charge on any atom is 0.334 e. The number of ether oxygens (including phenoxy) is 1. The lowest BCUT2D eigenvalue weighted by Gasteiger charge is -2.51. The molecule has 2 bridgehead atoms. The molecule has 0 spiro atoms. The Labute approximate surface area is 215 Å². The number of thiophene rings is 1. The first-order chi connectivity index (χ1) is 16.1. The maximum atomic E-state index is 13.4. The molecule has 3 aliphatic heterocycles. The molecule has 3 fully saturated rings. The molecule has 0 saturated carbocycles. The molecule has 4 heterocycles. The minimum atomic E-state index is -0.540. The molecule has 1 N–H and O–H groups in total. The fraction of sp³-hybridized carbons (Fsp3) is 0.333. The summed E-state index contributed by atoms with van der Waals surface area (Å²) in [5.74, 6) is 0.303. The standard InChI is InChI=1S/C27H29N2O3S.BrH/c30-23(20-8-3-1-4-9-20)18-29-15-13-21(14-16-29)24(19-29)32-27(31)26(25-12-7-17-33-25)28-22-10-5-2-6-11-22;/h1-12,17,21,24,26,28H,13-16,18-19H2;1H/q+1;/p-1/t21?,24-,26?,29?;/m0./s1. The first-order valence-electron chi connectivity index (χ1n) is 11.6. The number of quaternary nitrogens is 1. The highest BCUT2D eigenvalue weighted by molar-refractivity contribution is 7.10. The Bertz CT molecular complexity index is 1080. The second kappa shape index (κ2) is 10.8. The van der Waals surface area contributed by atoms with Gasteiger partial charge in [0.1, 0.15) is 13.1 Å². The number of hydrogen-bond acceptors (Lipinski definition) is 5. The van der Waals surface area contributed by atoms with E-state index in [4.69, 9.17) is 4.74 Å². The number of anilines is 1. The summed E-state index contributed by atoms with van der Waals surface area (Å²) in [4.78, 5) is 27.3. The number of piperidine rings is 3. The summed E-state index contributed by atoms with van der Waals surface area (Å²) in [6.45, 7) is 3.15. The van der Waals surface area contributed by atoms with Crippen molar-refractivity contribution in [3.05, 3.63) is 88.6 Å². The number of fused-ring (bicyclic) bond motifs is 3. The van der Waals surface area contributed by atoms with E-state index in [2.05, 4.69) is 5.32 Å². The van der Waals surface area contributed by atoms with Gasteiger partial charge in [-0.2, -0.15) is 0 Å². The van der Waals surface area contributed by atoms with Crippen LogP contribution < -0.4 is 22.3 Å². The molecule has 3 aliphatic rings. The van der Waals surface area contributed by atoms with E-state index < -0.39 is 6.04 Å². The van der Waals surface area contributed by atoms with Crippen molar-refractivity contribution >= 4 is 28.8 Å². The van der Waals surface area contributed by atoms with Crippen LogP contribution >= 0.6 is 11.3 Å². The smallest absolute Gasteiger partial charge is 0.334 e. The quantitative estimate of drug-likeness (QED) is 0.269. The van der Waals surface area contributed by atoms with Crippen LogP contribution in [0.3, 0.4) is 0 Å². The monoisotopic (exact) mass is 540 g/mol. The number of hydrogen-bond donors (Lipinski definition) is 1. The predicted molar refractivity (Wildman–Crippen MR) is 130 cm³/mol. The van der Waals surface area contributed by atoms with Crippen LogP contribution in [0.1, 0.15) is 34.1 Å². The molecule has 0 amide bonds. The SMILES string of the molecule is O=C(C[N+]12CCC(CC1)[C@@H](OC(=O)C(Nc1ccccc1)c1cccs1)C2)c1ccccc1.[Br-]. The minimum absolute atomic E-state index is 0. The fourth-order valence-corrected chi connectivity index (χ4v) is 5.98. The highest BCUT2D eigenvalue weighted by atomic mass is 79.9. The van der Waals surface area contributed by atoms with E-state index >= 15 is 0 Å². The van der Waals surface area contributed by atoms with E-state index in [1.807, 2.05) is 78.2 Å². The first kappa shape index (κ1) is 24.6. The molecule has 0 aliphatic carbocycles. The molecule has 0 radical (unpaired) electrons. The molecule has 2 atom stereocenters. The predicted octanol–water partition coefficient (Wildman–Crippen LogP) is 1.94. The van der Waals surface area contributed by atoms with Gasteiger partial charge in [0.25, 0.3) is 0 Å². The Morgan fingerprint density at radius 3 is 2.29 bits per heavy atom. The second-order valence-electron chi connectivity index (χ2n) is 9.19. The third kappa shape index (κ3) is 5.43. The third-order valence-corrected chi connectivity index (χ3v) is 7.97. The van der Waals surface area contributed by atoms with E-state index in [1.54, 1.807) is 11.3 Å². The molecule has 3 aromatic rings. The van der Waals surface area contributed by atoms with Crippen molar-refractivity contribution in [3.63, 3.8) is 0 Å². The Hall–Kier alpha value is -2.48. The summed E-state index contributed by atoms with van der Waals surface area (Å²) < 4.78 is 6.89. The summed E-state index contributed by atoms with van der Waals surface area (Å²) in [5.41, 5.74) is 1.65. The lowest BCUT2D eigenvalue weighted by molar-refractivity contribution is -0.938. The number of carbonyl (C=O) groups excluding carboxylic acids is 2. The van der Waals surface area contributed by atoms with Crippen molar-refractivity contribution in [1.82, 2.24) is 0 Å². The van der Waals surface area contributed by atoms with Crippen LogP contribution in [0.5, 0.6) is 0 Å². The van der Waals surface area contributed by atoms with E-state index in [9.17, 15) is 9.59 Å².